The molecule has 4 heteroatoms. The number of benzene rings is 2. The second-order valence-corrected chi connectivity index (χ2v) is 7.09. The van der Waals surface area contributed by atoms with Crippen molar-refractivity contribution in [1.29, 1.82) is 0 Å². The molecule has 0 spiro atoms. The van der Waals surface area contributed by atoms with Crippen LogP contribution < -0.4 is 5.32 Å². The summed E-state index contributed by atoms with van der Waals surface area (Å²) in [4.78, 5) is 14.8. The van der Waals surface area contributed by atoms with Crippen LogP contribution in [0.25, 0.3) is 0 Å². The minimum absolute atomic E-state index is 0.0227. The van der Waals surface area contributed by atoms with Crippen molar-refractivity contribution in [1.82, 2.24) is 10.2 Å². The Balaban J connectivity index is 1.80. The molecule has 0 bridgehead atoms. The molecule has 4 rings (SSSR count). The molecule has 1 fully saturated rings. The predicted molar refractivity (Wildman–Crippen MR) is 98.9 cm³/mol. The lowest BCUT2D eigenvalue weighted by Gasteiger charge is -2.32. The number of hydrogen-bond donors (Lipinski definition) is 1. The molecule has 2 aromatic carbocycles. The lowest BCUT2D eigenvalue weighted by Crippen LogP contribution is -2.43. The molecular weight excluding hydrogens is 399 g/mol. The Morgan fingerprint density at radius 3 is 2.22 bits per heavy atom. The minimum atomic E-state index is 0.0227. The molecule has 1 saturated heterocycles. The van der Waals surface area contributed by atoms with Gasteiger partial charge < -0.3 is 4.90 Å². The molecule has 0 aromatic heterocycles. The number of amides is 1. The molecule has 2 aliphatic rings. The normalized spacial score (nSPS) is 26.8. The molecule has 0 saturated carbocycles. The molecule has 3 unspecified atom stereocenters. The van der Waals surface area contributed by atoms with Crippen LogP contribution in [0.3, 0.4) is 0 Å². The Labute approximate surface area is 149 Å². The number of carbonyl (C=O) groups excluding carboxylic acids is 1. The fourth-order valence-corrected chi connectivity index (χ4v) is 4.08. The van der Waals surface area contributed by atoms with Crippen molar-refractivity contribution in [3.8, 4) is 0 Å². The van der Waals surface area contributed by atoms with Crippen molar-refractivity contribution in [3.05, 3.63) is 81.4 Å². The molecule has 0 aliphatic carbocycles. The van der Waals surface area contributed by atoms with Crippen molar-refractivity contribution >= 4 is 28.5 Å². The van der Waals surface area contributed by atoms with E-state index in [0.29, 0.717) is 0 Å². The first-order chi connectivity index (χ1) is 11.3. The molecule has 116 valence electrons. The van der Waals surface area contributed by atoms with E-state index in [0.717, 1.165) is 10.0 Å². The van der Waals surface area contributed by atoms with Gasteiger partial charge in [-0.1, -0.05) is 66.7 Å². The van der Waals surface area contributed by atoms with Gasteiger partial charge in [0.05, 0.1) is 21.8 Å². The monoisotopic (exact) mass is 416 g/mol. The lowest BCUT2D eigenvalue weighted by atomic mass is 9.94. The highest BCUT2D eigenvalue weighted by Gasteiger charge is 2.46. The van der Waals surface area contributed by atoms with Crippen molar-refractivity contribution < 1.29 is 4.79 Å². The summed E-state index contributed by atoms with van der Waals surface area (Å²) in [6, 6.07) is 20.9. The highest BCUT2D eigenvalue weighted by molar-refractivity contribution is 14.1. The third kappa shape index (κ3) is 2.60. The smallest absolute Gasteiger partial charge is 0.261 e. The van der Waals surface area contributed by atoms with E-state index in [2.05, 4.69) is 64.3 Å². The van der Waals surface area contributed by atoms with Crippen LogP contribution in [0.5, 0.6) is 0 Å². The van der Waals surface area contributed by atoms with E-state index in [1.54, 1.807) is 0 Å². The Morgan fingerprint density at radius 1 is 0.957 bits per heavy atom. The largest absolute Gasteiger partial charge is 0.313 e. The average Bonchev–Trinajstić information content (AvgIpc) is 3.00. The summed E-state index contributed by atoms with van der Waals surface area (Å²) in [7, 11) is 0. The molecular formula is C19H17IN2O. The number of carbonyl (C=O) groups is 1. The van der Waals surface area contributed by atoms with Crippen LogP contribution >= 0.6 is 22.6 Å². The standard InChI is InChI=1S/C19H17IN2O/c20-15-11-12-16-21-17(13-7-3-1-4-8-13)18(22(16)19(15)23)14-9-5-2-6-10-14/h1-11,16-18,21H,12H2. The Morgan fingerprint density at radius 2 is 1.57 bits per heavy atom. The third-order valence-corrected chi connectivity index (χ3v) is 5.48. The Bertz CT molecular complexity index is 744. The summed E-state index contributed by atoms with van der Waals surface area (Å²) in [6.07, 6.45) is 2.96. The van der Waals surface area contributed by atoms with Crippen LogP contribution in [0.2, 0.25) is 0 Å². The van der Waals surface area contributed by atoms with Gasteiger partial charge in [-0.15, -0.1) is 0 Å². The molecule has 0 radical (unpaired) electrons. The number of hydrogen-bond acceptors (Lipinski definition) is 2. The first kappa shape index (κ1) is 14.9. The summed E-state index contributed by atoms with van der Waals surface area (Å²) >= 11 is 2.15. The highest BCUT2D eigenvalue weighted by Crippen LogP contribution is 2.44. The zero-order valence-electron chi connectivity index (χ0n) is 12.5. The maximum Gasteiger partial charge on any atom is 0.261 e. The summed E-state index contributed by atoms with van der Waals surface area (Å²) in [5, 5.41) is 3.67. The number of fused-ring (bicyclic) bond motifs is 1. The molecule has 1 N–H and O–H groups in total. The first-order valence-corrected chi connectivity index (χ1v) is 8.88. The van der Waals surface area contributed by atoms with Gasteiger partial charge >= 0.3 is 0 Å². The van der Waals surface area contributed by atoms with Gasteiger partial charge in [-0.25, -0.2) is 0 Å². The summed E-state index contributed by atoms with van der Waals surface area (Å²) < 4.78 is 0.815. The van der Waals surface area contributed by atoms with Crippen LogP contribution in [-0.4, -0.2) is 17.0 Å². The van der Waals surface area contributed by atoms with Gasteiger partial charge in [-0.05, 0) is 33.7 Å². The predicted octanol–water partition coefficient (Wildman–Crippen LogP) is 3.95. The van der Waals surface area contributed by atoms with Crippen LogP contribution in [0.4, 0.5) is 0 Å². The molecule has 2 aromatic rings. The van der Waals surface area contributed by atoms with Crippen LogP contribution in [0.1, 0.15) is 29.6 Å². The topological polar surface area (TPSA) is 32.3 Å². The molecule has 3 nitrogen and oxygen atoms in total. The minimum Gasteiger partial charge on any atom is -0.313 e. The average molecular weight is 416 g/mol. The molecule has 2 aliphatic heterocycles. The zero-order valence-corrected chi connectivity index (χ0v) is 14.7. The van der Waals surface area contributed by atoms with Gasteiger partial charge in [0.2, 0.25) is 0 Å². The lowest BCUT2D eigenvalue weighted by molar-refractivity contribution is -0.130. The van der Waals surface area contributed by atoms with Gasteiger partial charge in [0.1, 0.15) is 0 Å². The Hall–Kier alpha value is -1.66. The second-order valence-electron chi connectivity index (χ2n) is 5.93. The van der Waals surface area contributed by atoms with E-state index in [1.165, 1.54) is 11.1 Å². The van der Waals surface area contributed by atoms with E-state index in [9.17, 15) is 4.79 Å². The quantitative estimate of drug-likeness (QED) is 0.753. The van der Waals surface area contributed by atoms with Crippen LogP contribution in [0.15, 0.2) is 70.3 Å². The van der Waals surface area contributed by atoms with Crippen molar-refractivity contribution in [3.63, 3.8) is 0 Å². The van der Waals surface area contributed by atoms with Gasteiger partial charge in [0, 0.05) is 6.42 Å². The van der Waals surface area contributed by atoms with E-state index in [1.807, 2.05) is 35.2 Å². The number of rotatable bonds is 2. The van der Waals surface area contributed by atoms with Crippen molar-refractivity contribution in [2.24, 2.45) is 0 Å². The van der Waals surface area contributed by atoms with Crippen molar-refractivity contribution in [2.45, 2.75) is 24.7 Å². The molecule has 23 heavy (non-hydrogen) atoms. The highest BCUT2D eigenvalue weighted by atomic mass is 127. The SMILES string of the molecule is O=C1C(I)=CCC2NC(c3ccccc3)C(c3ccccc3)N12. The van der Waals surface area contributed by atoms with Gasteiger partial charge in [0.15, 0.2) is 0 Å². The zero-order chi connectivity index (χ0) is 15.8. The van der Waals surface area contributed by atoms with Gasteiger partial charge in [0.25, 0.3) is 5.91 Å². The van der Waals surface area contributed by atoms with Crippen LogP contribution in [0, 0.1) is 0 Å². The first-order valence-electron chi connectivity index (χ1n) is 7.80. The van der Waals surface area contributed by atoms with Crippen LogP contribution in [-0.2, 0) is 4.79 Å². The van der Waals surface area contributed by atoms with E-state index >= 15 is 0 Å². The fourth-order valence-electron chi connectivity index (χ4n) is 3.55. The van der Waals surface area contributed by atoms with Gasteiger partial charge in [-0.2, -0.15) is 0 Å². The van der Waals surface area contributed by atoms with E-state index < -0.39 is 0 Å². The Kier molecular flexibility index (Phi) is 3.95. The maximum absolute atomic E-state index is 12.8. The maximum atomic E-state index is 12.8. The number of nitrogens with zero attached hydrogens (tertiary/aromatic N) is 1. The summed E-state index contributed by atoms with van der Waals surface area (Å²) in [5.74, 6) is 0.127. The molecule has 3 atom stereocenters. The third-order valence-electron chi connectivity index (χ3n) is 4.58. The molecule has 1 amide bonds. The number of halogens is 1. The summed E-state index contributed by atoms with van der Waals surface area (Å²) in [6.45, 7) is 0. The van der Waals surface area contributed by atoms with Gasteiger partial charge in [-0.3, -0.25) is 10.1 Å². The second kappa shape index (κ2) is 6.09. The van der Waals surface area contributed by atoms with Crippen molar-refractivity contribution in [2.75, 3.05) is 0 Å². The molecule has 2 heterocycles. The van der Waals surface area contributed by atoms with E-state index in [-0.39, 0.29) is 24.2 Å². The number of nitrogens with one attached hydrogen (secondary N) is 1. The summed E-state index contributed by atoms with van der Waals surface area (Å²) in [5.41, 5.74) is 2.40. The van der Waals surface area contributed by atoms with E-state index in [4.69, 9.17) is 0 Å². The fraction of sp³-hybridized carbons (Fsp3) is 0.211.